The Labute approximate surface area is 98.6 Å². The predicted octanol–water partition coefficient (Wildman–Crippen LogP) is 1.53. The third-order valence-corrected chi connectivity index (χ3v) is 2.83. The average molecular weight is 234 g/mol. The van der Waals surface area contributed by atoms with Crippen molar-refractivity contribution < 1.29 is 9.90 Å². The molecule has 0 aliphatic heterocycles. The number of carbonyl (C=O) groups is 1. The zero-order valence-electron chi connectivity index (χ0n) is 9.53. The molecule has 0 aromatic carbocycles. The molecule has 1 aliphatic rings. The minimum atomic E-state index is -1.16. The van der Waals surface area contributed by atoms with Gasteiger partial charge in [-0.1, -0.05) is 0 Å². The molecule has 0 radical (unpaired) electrons. The lowest BCUT2D eigenvalue weighted by Gasteiger charge is -2.27. The molecule has 1 heterocycles. The maximum atomic E-state index is 10.8. The molecule has 0 amide bonds. The maximum Gasteiger partial charge on any atom is 0.374 e. The Kier molecular flexibility index (Phi) is 3.03. The van der Waals surface area contributed by atoms with Crippen molar-refractivity contribution in [2.24, 2.45) is 0 Å². The van der Waals surface area contributed by atoms with Gasteiger partial charge in [0.2, 0.25) is 5.82 Å². The zero-order valence-corrected chi connectivity index (χ0v) is 9.53. The molecule has 0 unspecified atom stereocenters. The SMILES string of the molecule is CC(=N)c1cnc(C(=O)O)nc1NC1CCC1. The highest BCUT2D eigenvalue weighted by atomic mass is 16.4. The number of rotatable bonds is 4. The van der Waals surface area contributed by atoms with Crippen molar-refractivity contribution in [1.82, 2.24) is 9.97 Å². The first-order valence-electron chi connectivity index (χ1n) is 5.50. The molecule has 1 fully saturated rings. The van der Waals surface area contributed by atoms with E-state index in [1.807, 2.05) is 0 Å². The fourth-order valence-corrected chi connectivity index (χ4v) is 1.62. The summed E-state index contributed by atoms with van der Waals surface area (Å²) in [6.45, 7) is 1.63. The van der Waals surface area contributed by atoms with E-state index in [1.165, 1.54) is 12.6 Å². The Morgan fingerprint density at radius 2 is 2.29 bits per heavy atom. The molecule has 1 aromatic heterocycles. The lowest BCUT2D eigenvalue weighted by Crippen LogP contribution is -2.29. The summed E-state index contributed by atoms with van der Waals surface area (Å²) < 4.78 is 0. The van der Waals surface area contributed by atoms with Crippen LogP contribution in [0.25, 0.3) is 0 Å². The van der Waals surface area contributed by atoms with Gasteiger partial charge in [-0.15, -0.1) is 0 Å². The molecule has 0 atom stereocenters. The molecule has 0 bridgehead atoms. The monoisotopic (exact) mass is 234 g/mol. The van der Waals surface area contributed by atoms with Crippen molar-refractivity contribution in [3.05, 3.63) is 17.6 Å². The summed E-state index contributed by atoms with van der Waals surface area (Å²) in [5.41, 5.74) is 0.880. The van der Waals surface area contributed by atoms with Gasteiger partial charge in [-0.3, -0.25) is 0 Å². The summed E-state index contributed by atoms with van der Waals surface area (Å²) in [6, 6.07) is 0.338. The van der Waals surface area contributed by atoms with Crippen molar-refractivity contribution in [3.63, 3.8) is 0 Å². The largest absolute Gasteiger partial charge is 0.475 e. The van der Waals surface area contributed by atoms with Crippen LogP contribution in [0.3, 0.4) is 0 Å². The van der Waals surface area contributed by atoms with Gasteiger partial charge in [-0.25, -0.2) is 14.8 Å². The van der Waals surface area contributed by atoms with Crippen LogP contribution in [0.5, 0.6) is 0 Å². The van der Waals surface area contributed by atoms with Crippen LogP contribution in [0.15, 0.2) is 6.20 Å². The number of aromatic carboxylic acids is 1. The second-order valence-electron chi connectivity index (χ2n) is 4.16. The third kappa shape index (κ3) is 2.41. The summed E-state index contributed by atoms with van der Waals surface area (Å²) in [4.78, 5) is 18.5. The molecular formula is C11H14N4O2. The van der Waals surface area contributed by atoms with Crippen LogP contribution in [0.4, 0.5) is 5.82 Å². The van der Waals surface area contributed by atoms with Crippen molar-refractivity contribution in [2.45, 2.75) is 32.2 Å². The smallest absolute Gasteiger partial charge is 0.374 e. The summed E-state index contributed by atoms with van der Waals surface area (Å²) in [7, 11) is 0. The summed E-state index contributed by atoms with van der Waals surface area (Å²) in [5.74, 6) is -0.942. The van der Waals surface area contributed by atoms with Gasteiger partial charge in [0.1, 0.15) is 5.82 Å². The number of carboxylic acids is 1. The zero-order chi connectivity index (χ0) is 12.4. The van der Waals surface area contributed by atoms with Gasteiger partial charge in [0.05, 0.1) is 5.56 Å². The van der Waals surface area contributed by atoms with Crippen molar-refractivity contribution >= 4 is 17.5 Å². The second kappa shape index (κ2) is 4.48. The van der Waals surface area contributed by atoms with Crippen LogP contribution in [-0.4, -0.2) is 32.8 Å². The summed E-state index contributed by atoms with van der Waals surface area (Å²) in [5, 5.41) is 19.6. The highest BCUT2D eigenvalue weighted by Gasteiger charge is 2.20. The minimum absolute atomic E-state index is 0.239. The molecule has 1 aromatic rings. The van der Waals surface area contributed by atoms with Gasteiger partial charge in [-0.05, 0) is 26.2 Å². The molecule has 0 saturated heterocycles. The molecule has 6 heteroatoms. The first-order chi connectivity index (χ1) is 8.08. The van der Waals surface area contributed by atoms with Crippen LogP contribution in [0.2, 0.25) is 0 Å². The quantitative estimate of drug-likeness (QED) is 0.686. The first-order valence-corrected chi connectivity index (χ1v) is 5.50. The standard InChI is InChI=1S/C11H14N4O2/c1-6(12)8-5-13-10(11(16)17)15-9(8)14-7-3-2-4-7/h5,7,12H,2-4H2,1H3,(H,16,17)(H,13,14,15). The third-order valence-electron chi connectivity index (χ3n) is 2.83. The number of nitrogens with zero attached hydrogens (tertiary/aromatic N) is 2. The average Bonchev–Trinajstić information content (AvgIpc) is 2.22. The second-order valence-corrected chi connectivity index (χ2v) is 4.16. The Balaban J connectivity index is 2.32. The van der Waals surface area contributed by atoms with Crippen LogP contribution in [0.1, 0.15) is 42.4 Å². The van der Waals surface area contributed by atoms with Gasteiger partial charge >= 0.3 is 5.97 Å². The Bertz CT molecular complexity index is 469. The Morgan fingerprint density at radius 3 is 2.76 bits per heavy atom. The topological polar surface area (TPSA) is 99.0 Å². The number of aromatic nitrogens is 2. The van der Waals surface area contributed by atoms with E-state index < -0.39 is 5.97 Å². The Morgan fingerprint density at radius 1 is 1.59 bits per heavy atom. The number of anilines is 1. The molecule has 1 aliphatic carbocycles. The van der Waals surface area contributed by atoms with Gasteiger partial charge in [0.25, 0.3) is 0 Å². The lowest BCUT2D eigenvalue weighted by molar-refractivity contribution is 0.0683. The van der Waals surface area contributed by atoms with E-state index in [4.69, 9.17) is 10.5 Å². The fraction of sp³-hybridized carbons (Fsp3) is 0.455. The predicted molar refractivity (Wildman–Crippen MR) is 62.8 cm³/mol. The molecular weight excluding hydrogens is 220 g/mol. The normalized spacial score (nSPS) is 15.1. The van der Waals surface area contributed by atoms with E-state index in [-0.39, 0.29) is 5.82 Å². The van der Waals surface area contributed by atoms with E-state index in [0.717, 1.165) is 12.8 Å². The van der Waals surface area contributed by atoms with E-state index in [0.29, 0.717) is 23.1 Å². The van der Waals surface area contributed by atoms with Crippen LogP contribution >= 0.6 is 0 Å². The van der Waals surface area contributed by atoms with E-state index in [9.17, 15) is 4.79 Å². The molecule has 3 N–H and O–H groups in total. The molecule has 0 spiro atoms. The van der Waals surface area contributed by atoms with E-state index in [1.54, 1.807) is 6.92 Å². The number of hydrogen-bond donors (Lipinski definition) is 3. The lowest BCUT2D eigenvalue weighted by atomic mass is 9.93. The summed E-state index contributed by atoms with van der Waals surface area (Å²) in [6.07, 6.45) is 4.68. The van der Waals surface area contributed by atoms with Crippen LogP contribution in [0, 0.1) is 5.41 Å². The van der Waals surface area contributed by atoms with Crippen molar-refractivity contribution in [3.8, 4) is 0 Å². The molecule has 2 rings (SSSR count). The molecule has 1 saturated carbocycles. The maximum absolute atomic E-state index is 10.8. The summed E-state index contributed by atoms with van der Waals surface area (Å²) >= 11 is 0. The van der Waals surface area contributed by atoms with Crippen molar-refractivity contribution in [2.75, 3.05) is 5.32 Å². The minimum Gasteiger partial charge on any atom is -0.475 e. The van der Waals surface area contributed by atoms with Gasteiger partial charge in [-0.2, -0.15) is 0 Å². The Hall–Kier alpha value is -1.98. The van der Waals surface area contributed by atoms with Gasteiger partial charge in [0.15, 0.2) is 0 Å². The van der Waals surface area contributed by atoms with E-state index >= 15 is 0 Å². The number of nitrogens with one attached hydrogen (secondary N) is 2. The first kappa shape index (κ1) is 11.5. The van der Waals surface area contributed by atoms with Gasteiger partial charge in [0, 0.05) is 18.0 Å². The molecule has 17 heavy (non-hydrogen) atoms. The molecule has 6 nitrogen and oxygen atoms in total. The van der Waals surface area contributed by atoms with E-state index in [2.05, 4.69) is 15.3 Å². The van der Waals surface area contributed by atoms with Crippen LogP contribution < -0.4 is 5.32 Å². The number of carboxylic acid groups (broad SMARTS) is 1. The fourth-order valence-electron chi connectivity index (χ4n) is 1.62. The van der Waals surface area contributed by atoms with Gasteiger partial charge < -0.3 is 15.8 Å². The highest BCUT2D eigenvalue weighted by Crippen LogP contribution is 2.24. The number of hydrogen-bond acceptors (Lipinski definition) is 5. The van der Waals surface area contributed by atoms with Crippen molar-refractivity contribution in [1.29, 1.82) is 5.41 Å². The molecule has 90 valence electrons. The van der Waals surface area contributed by atoms with Crippen LogP contribution in [-0.2, 0) is 0 Å². The highest BCUT2D eigenvalue weighted by molar-refractivity contribution is 6.00.